The second-order valence-electron chi connectivity index (χ2n) is 5.87. The normalized spacial score (nSPS) is 10.2. The van der Waals surface area contributed by atoms with Gasteiger partial charge in [-0.25, -0.2) is 4.98 Å². The van der Waals surface area contributed by atoms with Gasteiger partial charge in [-0.1, -0.05) is 42.0 Å². The molecule has 0 aliphatic carbocycles. The number of nitrogens with zero attached hydrogens (tertiary/aromatic N) is 2. The van der Waals surface area contributed by atoms with Crippen molar-refractivity contribution < 1.29 is 9.47 Å². The number of aromatic nitrogens is 1. The molecule has 0 saturated carbocycles. The van der Waals surface area contributed by atoms with Crippen LogP contribution in [0.4, 0.5) is 0 Å². The van der Waals surface area contributed by atoms with Gasteiger partial charge in [0.15, 0.2) is 0 Å². The van der Waals surface area contributed by atoms with Gasteiger partial charge in [-0.15, -0.1) is 0 Å². The van der Waals surface area contributed by atoms with Crippen molar-refractivity contribution in [3.8, 4) is 40.1 Å². The molecule has 0 N–H and O–H groups in total. The maximum atomic E-state index is 9.63. The highest BCUT2D eigenvalue weighted by molar-refractivity contribution is 5.78. The van der Waals surface area contributed by atoms with E-state index in [2.05, 4.69) is 11.1 Å². The fraction of sp³-hybridized carbons (Fsp3) is 0.182. The molecule has 26 heavy (non-hydrogen) atoms. The van der Waals surface area contributed by atoms with Gasteiger partial charge in [0.05, 0.1) is 19.4 Å². The summed E-state index contributed by atoms with van der Waals surface area (Å²) in [6.07, 6.45) is 0. The van der Waals surface area contributed by atoms with E-state index in [1.807, 2.05) is 68.4 Å². The predicted molar refractivity (Wildman–Crippen MR) is 102 cm³/mol. The first kappa shape index (κ1) is 17.5. The van der Waals surface area contributed by atoms with Crippen molar-refractivity contribution in [3.05, 3.63) is 65.7 Å². The van der Waals surface area contributed by atoms with E-state index in [1.165, 1.54) is 12.7 Å². The first-order chi connectivity index (χ1) is 12.7. The summed E-state index contributed by atoms with van der Waals surface area (Å²) in [5.74, 6) is 1.13. The first-order valence-corrected chi connectivity index (χ1v) is 8.45. The molecule has 0 atom stereocenters. The Kier molecular flexibility index (Phi) is 5.19. The molecule has 4 nitrogen and oxygen atoms in total. The van der Waals surface area contributed by atoms with Crippen molar-refractivity contribution in [3.63, 3.8) is 0 Å². The molecule has 1 aromatic heterocycles. The highest BCUT2D eigenvalue weighted by Crippen LogP contribution is 2.34. The van der Waals surface area contributed by atoms with Crippen molar-refractivity contribution in [2.24, 2.45) is 0 Å². The molecule has 4 heteroatoms. The summed E-state index contributed by atoms with van der Waals surface area (Å²) in [6, 6.07) is 20.0. The number of ether oxygens (including phenoxy) is 2. The minimum atomic E-state index is 0.328. The maximum absolute atomic E-state index is 9.63. The highest BCUT2D eigenvalue weighted by atomic mass is 16.5. The van der Waals surface area contributed by atoms with Gasteiger partial charge in [-0.2, -0.15) is 5.26 Å². The lowest BCUT2D eigenvalue weighted by atomic mass is 9.98. The van der Waals surface area contributed by atoms with Crippen molar-refractivity contribution in [2.45, 2.75) is 13.8 Å². The van der Waals surface area contributed by atoms with Crippen LogP contribution in [0.2, 0.25) is 0 Å². The van der Waals surface area contributed by atoms with Crippen LogP contribution in [-0.2, 0) is 0 Å². The second-order valence-corrected chi connectivity index (χ2v) is 5.87. The topological polar surface area (TPSA) is 55.1 Å². The largest absolute Gasteiger partial charge is 0.494 e. The number of hydrogen-bond acceptors (Lipinski definition) is 4. The lowest BCUT2D eigenvalue weighted by Gasteiger charge is -2.12. The van der Waals surface area contributed by atoms with E-state index < -0.39 is 0 Å². The van der Waals surface area contributed by atoms with Crippen LogP contribution in [0.5, 0.6) is 11.6 Å². The molecular formula is C22H20N2O2. The molecule has 1 heterocycles. The number of hydrogen-bond donors (Lipinski definition) is 0. The summed E-state index contributed by atoms with van der Waals surface area (Å²) >= 11 is 0. The Bertz CT molecular complexity index is 940. The van der Waals surface area contributed by atoms with Crippen LogP contribution in [0.25, 0.3) is 22.4 Å². The number of aryl methyl sites for hydroxylation is 1. The van der Waals surface area contributed by atoms with Crippen molar-refractivity contribution in [2.75, 3.05) is 13.7 Å². The molecule has 2 aromatic carbocycles. The van der Waals surface area contributed by atoms with Gasteiger partial charge in [0, 0.05) is 11.1 Å². The number of methoxy groups -OCH3 is 1. The van der Waals surface area contributed by atoms with E-state index in [1.54, 1.807) is 0 Å². The molecule has 3 aromatic rings. The number of rotatable bonds is 5. The molecule has 0 spiro atoms. The van der Waals surface area contributed by atoms with Gasteiger partial charge in [0.2, 0.25) is 5.88 Å². The minimum Gasteiger partial charge on any atom is -0.494 e. The van der Waals surface area contributed by atoms with Gasteiger partial charge in [0.25, 0.3) is 0 Å². The summed E-state index contributed by atoms with van der Waals surface area (Å²) in [7, 11) is 1.53. The third-order valence-corrected chi connectivity index (χ3v) is 4.12. The number of pyridine rings is 1. The Morgan fingerprint density at radius 3 is 2.23 bits per heavy atom. The van der Waals surface area contributed by atoms with Gasteiger partial charge < -0.3 is 9.47 Å². The van der Waals surface area contributed by atoms with E-state index in [4.69, 9.17) is 9.47 Å². The van der Waals surface area contributed by atoms with Gasteiger partial charge in [0.1, 0.15) is 17.4 Å². The van der Waals surface area contributed by atoms with E-state index in [-0.39, 0.29) is 0 Å². The zero-order valence-electron chi connectivity index (χ0n) is 15.1. The van der Waals surface area contributed by atoms with Crippen LogP contribution in [0.15, 0.2) is 54.6 Å². The van der Waals surface area contributed by atoms with Crippen LogP contribution in [-0.4, -0.2) is 18.7 Å². The van der Waals surface area contributed by atoms with Crippen molar-refractivity contribution in [1.29, 1.82) is 5.26 Å². The molecule has 0 saturated heterocycles. The van der Waals surface area contributed by atoms with Crippen LogP contribution in [0, 0.1) is 18.3 Å². The summed E-state index contributed by atoms with van der Waals surface area (Å²) in [6.45, 7) is 4.61. The van der Waals surface area contributed by atoms with Crippen LogP contribution < -0.4 is 9.47 Å². The molecule has 0 bridgehead atoms. The Hall–Kier alpha value is -3.32. The Morgan fingerprint density at radius 1 is 1.00 bits per heavy atom. The SMILES string of the molecule is CCOc1ccc(-c2cc(-c3ccc(C)cc3)nc(OC)c2C#N)cc1. The van der Waals surface area contributed by atoms with Crippen molar-refractivity contribution >= 4 is 0 Å². The highest BCUT2D eigenvalue weighted by Gasteiger charge is 2.16. The van der Waals surface area contributed by atoms with Crippen LogP contribution in [0.1, 0.15) is 18.1 Å². The summed E-state index contributed by atoms with van der Waals surface area (Å²) < 4.78 is 10.9. The quantitative estimate of drug-likeness (QED) is 0.653. The third-order valence-electron chi connectivity index (χ3n) is 4.12. The molecular weight excluding hydrogens is 324 g/mol. The van der Waals surface area contributed by atoms with E-state index in [0.29, 0.717) is 18.1 Å². The summed E-state index contributed by atoms with van der Waals surface area (Å²) in [5.41, 5.74) is 5.06. The fourth-order valence-electron chi connectivity index (χ4n) is 2.77. The smallest absolute Gasteiger partial charge is 0.232 e. The van der Waals surface area contributed by atoms with E-state index >= 15 is 0 Å². The molecule has 0 radical (unpaired) electrons. The van der Waals surface area contributed by atoms with Gasteiger partial charge in [-0.05, 0) is 37.6 Å². The average Bonchev–Trinajstić information content (AvgIpc) is 2.68. The molecule has 0 aliphatic heterocycles. The predicted octanol–water partition coefficient (Wildman–Crippen LogP) is 5.00. The van der Waals surface area contributed by atoms with Gasteiger partial charge in [-0.3, -0.25) is 0 Å². The Labute approximate surface area is 153 Å². The minimum absolute atomic E-state index is 0.328. The standard InChI is InChI=1S/C22H20N2O2/c1-4-26-18-11-9-16(10-12-18)19-13-21(17-7-5-15(2)6-8-17)24-22(25-3)20(19)14-23/h5-13H,4H2,1-3H3. The molecule has 0 unspecified atom stereocenters. The molecule has 0 aliphatic rings. The van der Waals surface area contributed by atoms with Gasteiger partial charge >= 0.3 is 0 Å². The molecule has 0 fully saturated rings. The summed E-state index contributed by atoms with van der Waals surface area (Å²) in [4.78, 5) is 4.53. The number of benzene rings is 2. The van der Waals surface area contributed by atoms with E-state index in [0.717, 1.165) is 28.1 Å². The first-order valence-electron chi connectivity index (χ1n) is 8.45. The number of nitriles is 1. The van der Waals surface area contributed by atoms with Crippen LogP contribution >= 0.6 is 0 Å². The lowest BCUT2D eigenvalue weighted by molar-refractivity contribution is 0.340. The second kappa shape index (κ2) is 7.71. The average molecular weight is 344 g/mol. The zero-order valence-corrected chi connectivity index (χ0v) is 15.1. The molecule has 3 rings (SSSR count). The molecule has 130 valence electrons. The Morgan fingerprint density at radius 2 is 1.65 bits per heavy atom. The van der Waals surface area contributed by atoms with Crippen LogP contribution in [0.3, 0.4) is 0 Å². The Balaban J connectivity index is 2.14. The monoisotopic (exact) mass is 344 g/mol. The summed E-state index contributed by atoms with van der Waals surface area (Å²) in [5, 5.41) is 9.63. The molecule has 0 amide bonds. The third kappa shape index (κ3) is 3.52. The maximum Gasteiger partial charge on any atom is 0.232 e. The zero-order chi connectivity index (χ0) is 18.5. The van der Waals surface area contributed by atoms with Crippen molar-refractivity contribution in [1.82, 2.24) is 4.98 Å². The fourth-order valence-corrected chi connectivity index (χ4v) is 2.77. The lowest BCUT2D eigenvalue weighted by Crippen LogP contribution is -1.98. The van der Waals surface area contributed by atoms with E-state index in [9.17, 15) is 5.26 Å².